The van der Waals surface area contributed by atoms with Gasteiger partial charge in [0, 0.05) is 11.6 Å². The summed E-state index contributed by atoms with van der Waals surface area (Å²) in [4.78, 5) is 2.49. The quantitative estimate of drug-likeness (QED) is 0.374. The van der Waals surface area contributed by atoms with Gasteiger partial charge in [-0.2, -0.15) is 13.2 Å². The van der Waals surface area contributed by atoms with E-state index in [9.17, 15) is 13.5 Å². The maximum absolute atomic E-state index is 11.0. The van der Waals surface area contributed by atoms with E-state index in [0.717, 1.165) is 12.1 Å². The van der Waals surface area contributed by atoms with Gasteiger partial charge in [0.05, 0.1) is 10.5 Å². The third-order valence-corrected chi connectivity index (χ3v) is 3.43. The smallest absolute Gasteiger partial charge is 0.320 e. The van der Waals surface area contributed by atoms with Crippen molar-refractivity contribution in [3.63, 3.8) is 0 Å². The molecule has 0 aromatic heterocycles. The molecule has 0 bridgehead atoms. The molecule has 4 N–H and O–H groups in total. The van der Waals surface area contributed by atoms with Gasteiger partial charge in [-0.3, -0.25) is 4.55 Å². The minimum absolute atomic E-state index is 0.00769. The molecule has 8 heteroatoms. The third kappa shape index (κ3) is 1.93. The first-order chi connectivity index (χ1) is 8.34. The fraction of sp³-hybridized carbons (Fsp3) is 0.100. The van der Waals surface area contributed by atoms with E-state index < -0.39 is 21.1 Å². The molecule has 0 aliphatic heterocycles. The van der Waals surface area contributed by atoms with Crippen LogP contribution in [0.5, 0.6) is 5.75 Å². The van der Waals surface area contributed by atoms with Crippen molar-refractivity contribution in [1.29, 1.82) is 0 Å². The molecule has 0 saturated carbocycles. The maximum atomic E-state index is 11.0. The van der Waals surface area contributed by atoms with Crippen LogP contribution in [-0.2, 0) is 10.1 Å². The van der Waals surface area contributed by atoms with E-state index in [1.165, 1.54) is 12.2 Å². The van der Waals surface area contributed by atoms with Crippen molar-refractivity contribution in [3.05, 3.63) is 34.9 Å². The molecule has 1 aliphatic rings. The molecule has 1 aliphatic carbocycles. The number of hydrogen-bond donors (Lipinski definition) is 3. The molecule has 0 heterocycles. The third-order valence-electron chi connectivity index (χ3n) is 2.60. The summed E-state index contributed by atoms with van der Waals surface area (Å²) in [5.41, 5.74) is 15.0. The average Bonchev–Trinajstić information content (AvgIpc) is 2.27. The second kappa shape index (κ2) is 4.04. The molecular weight excluding hydrogens is 258 g/mol. The monoisotopic (exact) mass is 267 g/mol. The predicted molar refractivity (Wildman–Crippen MR) is 62.7 cm³/mol. The Bertz CT molecular complexity index is 702. The van der Waals surface area contributed by atoms with Gasteiger partial charge in [0.15, 0.2) is 0 Å². The highest BCUT2D eigenvalue weighted by Gasteiger charge is 2.29. The first-order valence-electron chi connectivity index (χ1n) is 4.85. The Morgan fingerprint density at radius 1 is 1.39 bits per heavy atom. The molecule has 0 radical (unpaired) electrons. The van der Waals surface area contributed by atoms with E-state index in [1.807, 2.05) is 0 Å². The van der Waals surface area contributed by atoms with Crippen LogP contribution in [0.1, 0.15) is 11.1 Å². The van der Waals surface area contributed by atoms with Crippen LogP contribution in [0.25, 0.3) is 11.6 Å². The molecule has 94 valence electrons. The summed E-state index contributed by atoms with van der Waals surface area (Å²) >= 11 is 0. The zero-order valence-electron chi connectivity index (χ0n) is 8.98. The summed E-state index contributed by atoms with van der Waals surface area (Å²) in [6.07, 6.45) is 2.97. The van der Waals surface area contributed by atoms with Crippen molar-refractivity contribution < 1.29 is 22.9 Å². The van der Waals surface area contributed by atoms with E-state index in [0.29, 0.717) is 0 Å². The van der Waals surface area contributed by atoms with Crippen molar-refractivity contribution in [1.82, 2.24) is 0 Å². The van der Waals surface area contributed by atoms with Crippen LogP contribution in [0.3, 0.4) is 0 Å². The lowest BCUT2D eigenvalue weighted by Crippen LogP contribution is -2.32. The molecule has 0 spiro atoms. The maximum Gasteiger partial charge on any atom is 0.320 e. The van der Waals surface area contributed by atoms with Crippen molar-refractivity contribution in [3.8, 4) is 5.75 Å². The Morgan fingerprint density at radius 2 is 2.06 bits per heavy atom. The molecule has 0 amide bonds. The van der Waals surface area contributed by atoms with Crippen LogP contribution >= 0.6 is 0 Å². The van der Waals surface area contributed by atoms with Gasteiger partial charge in [-0.05, 0) is 6.07 Å². The first-order valence-corrected chi connectivity index (χ1v) is 6.29. The Kier molecular flexibility index (Phi) is 2.80. The number of hydrogen-bond acceptors (Lipinski definition) is 4. The summed E-state index contributed by atoms with van der Waals surface area (Å²) in [6.45, 7) is 0. The number of phenolic OH excluding ortho intramolecular Hbond substituents is 1. The lowest BCUT2D eigenvalue weighted by Gasteiger charge is -2.13. The van der Waals surface area contributed by atoms with Crippen LogP contribution in [0.15, 0.2) is 23.1 Å². The van der Waals surface area contributed by atoms with Crippen LogP contribution in [0.4, 0.5) is 0 Å². The molecule has 0 saturated heterocycles. The van der Waals surface area contributed by atoms with E-state index in [-0.39, 0.29) is 22.6 Å². The number of rotatable bonds is 1. The number of nitrogens with zero attached hydrogens (tertiary/aromatic N) is 2. The number of nitrogens with two attached hydrogens (primary N) is 1. The van der Waals surface area contributed by atoms with E-state index in [1.54, 1.807) is 0 Å². The van der Waals surface area contributed by atoms with E-state index in [4.69, 9.17) is 15.8 Å². The summed E-state index contributed by atoms with van der Waals surface area (Å²) in [7, 11) is -4.47. The van der Waals surface area contributed by atoms with Gasteiger partial charge >= 0.3 is 5.71 Å². The van der Waals surface area contributed by atoms with Crippen molar-refractivity contribution in [2.45, 2.75) is 10.9 Å². The fourth-order valence-corrected chi connectivity index (χ4v) is 2.27. The van der Waals surface area contributed by atoms with Crippen LogP contribution in [0.2, 0.25) is 0 Å². The normalized spacial score (nSPS) is 18.3. The molecule has 7 nitrogen and oxygen atoms in total. The summed E-state index contributed by atoms with van der Waals surface area (Å²) in [6, 6.07) is 1.27. The lowest BCUT2D eigenvalue weighted by molar-refractivity contribution is -0.00739. The van der Waals surface area contributed by atoms with Gasteiger partial charge in [0.2, 0.25) is 0 Å². The molecule has 18 heavy (non-hydrogen) atoms. The predicted octanol–water partition coefficient (Wildman–Crippen LogP) is 0.0119. The molecule has 1 unspecified atom stereocenters. The van der Waals surface area contributed by atoms with Gasteiger partial charge in [0.1, 0.15) is 11.8 Å². The second-order valence-electron chi connectivity index (χ2n) is 3.75. The molecule has 0 fully saturated rings. The second-order valence-corrected chi connectivity index (χ2v) is 5.17. The highest BCUT2D eigenvalue weighted by molar-refractivity contribution is 7.85. The van der Waals surface area contributed by atoms with E-state index in [2.05, 4.69) is 4.79 Å². The lowest BCUT2D eigenvalue weighted by atomic mass is 9.92. The topological polar surface area (TPSA) is 137 Å². The zero-order valence-corrected chi connectivity index (χ0v) is 9.79. The Morgan fingerprint density at radius 3 is 2.61 bits per heavy atom. The van der Waals surface area contributed by atoms with Gasteiger partial charge < -0.3 is 16.4 Å². The molecule has 1 aromatic carbocycles. The van der Waals surface area contributed by atoms with Gasteiger partial charge in [0.25, 0.3) is 10.1 Å². The first kappa shape index (κ1) is 12.5. The molecule has 2 rings (SSSR count). The number of fused-ring (bicyclic) bond motifs is 1. The van der Waals surface area contributed by atoms with Crippen molar-refractivity contribution >= 4 is 21.9 Å². The fourth-order valence-electron chi connectivity index (χ4n) is 1.74. The minimum Gasteiger partial charge on any atom is -0.507 e. The standard InChI is InChI=1S/C10H9N3O4S/c11-8-2-1-6-7(10(8)13-12)3-5(4-9(6)14)18(15,16)17/h1-4,8,14H,11H2,(H,15,16,17). The SMILES string of the molecule is [N-]=[N+]=C1c2cc(S(=O)(=O)O)cc(O)c2C=CC1N. The highest BCUT2D eigenvalue weighted by atomic mass is 32.2. The molecular formula is C10H9N3O4S. The summed E-state index contributed by atoms with van der Waals surface area (Å²) in [5.74, 6) is -0.357. The number of phenols is 1. The van der Waals surface area contributed by atoms with Crippen LogP contribution < -0.4 is 5.73 Å². The zero-order chi connectivity index (χ0) is 13.5. The molecule has 1 atom stereocenters. The summed E-state index contributed by atoms with van der Waals surface area (Å²) < 4.78 is 31.0. The van der Waals surface area contributed by atoms with E-state index >= 15 is 0 Å². The highest BCUT2D eigenvalue weighted by Crippen LogP contribution is 2.30. The number of aromatic hydroxyl groups is 1. The average molecular weight is 267 g/mol. The van der Waals surface area contributed by atoms with Gasteiger partial charge in [-0.25, -0.2) is 0 Å². The minimum atomic E-state index is -4.47. The number of benzene rings is 1. The Balaban J connectivity index is 2.81. The Labute approximate surface area is 103 Å². The summed E-state index contributed by atoms with van der Waals surface area (Å²) in [5, 5.41) is 9.70. The molecule has 1 aromatic rings. The van der Waals surface area contributed by atoms with Gasteiger partial charge in [-0.1, -0.05) is 12.2 Å². The van der Waals surface area contributed by atoms with Crippen LogP contribution in [0, 0.1) is 0 Å². The Hall–Kier alpha value is -1.99. The van der Waals surface area contributed by atoms with Gasteiger partial charge in [-0.15, -0.1) is 0 Å². The van der Waals surface area contributed by atoms with Crippen LogP contribution in [-0.4, -0.2) is 34.6 Å². The van der Waals surface area contributed by atoms with Crippen molar-refractivity contribution in [2.24, 2.45) is 5.73 Å². The largest absolute Gasteiger partial charge is 0.507 e. The van der Waals surface area contributed by atoms with Crippen molar-refractivity contribution in [2.75, 3.05) is 0 Å².